The Morgan fingerprint density at radius 2 is 1.81 bits per heavy atom. The molecule has 0 unspecified atom stereocenters. The Morgan fingerprint density at radius 1 is 1.00 bits per heavy atom. The van der Waals surface area contributed by atoms with Crippen molar-refractivity contribution < 1.29 is 9.32 Å². The quantitative estimate of drug-likeness (QED) is 0.348. The van der Waals surface area contributed by atoms with E-state index in [2.05, 4.69) is 20.3 Å². The molecule has 31 heavy (non-hydrogen) atoms. The summed E-state index contributed by atoms with van der Waals surface area (Å²) in [5.74, 6) is -0.451. The van der Waals surface area contributed by atoms with E-state index in [0.29, 0.717) is 33.4 Å². The van der Waals surface area contributed by atoms with E-state index in [4.69, 9.17) is 27.7 Å². The molecule has 0 aliphatic carbocycles. The molecule has 0 aliphatic heterocycles. The number of hydrogen-bond donors (Lipinski definition) is 0. The Balaban J connectivity index is 1.57. The topological polar surface area (TPSA) is 86.7 Å². The number of rotatable bonds is 5. The van der Waals surface area contributed by atoms with Gasteiger partial charge in [-0.05, 0) is 35.9 Å². The van der Waals surface area contributed by atoms with Crippen molar-refractivity contribution in [2.75, 3.05) is 0 Å². The van der Waals surface area contributed by atoms with E-state index < -0.39 is 5.78 Å². The zero-order chi connectivity index (χ0) is 21.4. The van der Waals surface area contributed by atoms with Crippen molar-refractivity contribution in [3.05, 3.63) is 94.1 Å². The average Bonchev–Trinajstić information content (AvgIpc) is 3.40. The van der Waals surface area contributed by atoms with E-state index in [1.165, 1.54) is 6.20 Å². The van der Waals surface area contributed by atoms with E-state index in [9.17, 15) is 4.79 Å². The molecule has 152 valence electrons. The monoisotopic (exact) mass is 449 g/mol. The minimum Gasteiger partial charge on any atom is -0.330 e. The third-order valence-corrected chi connectivity index (χ3v) is 5.46. The molecule has 0 amide bonds. The van der Waals surface area contributed by atoms with Crippen molar-refractivity contribution in [1.82, 2.24) is 24.9 Å². The number of nitrogens with zero attached hydrogens (tertiary/aromatic N) is 5. The van der Waals surface area contributed by atoms with Gasteiger partial charge in [0.05, 0.1) is 11.1 Å². The average molecular weight is 450 g/mol. The highest BCUT2D eigenvalue weighted by atomic mass is 35.5. The van der Waals surface area contributed by atoms with Gasteiger partial charge in [0.15, 0.2) is 0 Å². The van der Waals surface area contributed by atoms with Crippen LogP contribution < -0.4 is 0 Å². The van der Waals surface area contributed by atoms with Crippen molar-refractivity contribution in [2.45, 2.75) is 6.54 Å². The smallest absolute Gasteiger partial charge is 0.299 e. The Hall–Kier alpha value is -3.55. The van der Waals surface area contributed by atoms with Gasteiger partial charge < -0.3 is 9.09 Å². The van der Waals surface area contributed by atoms with Crippen LogP contribution in [-0.2, 0) is 6.54 Å². The number of carbonyl (C=O) groups is 1. The maximum Gasteiger partial charge on any atom is 0.299 e. The normalized spacial score (nSPS) is 11.2. The van der Waals surface area contributed by atoms with Crippen molar-refractivity contribution in [3.8, 4) is 11.5 Å². The fraction of sp³-hybridized carbons (Fsp3) is 0.0455. The van der Waals surface area contributed by atoms with Gasteiger partial charge >= 0.3 is 0 Å². The minimum absolute atomic E-state index is 0.169. The lowest BCUT2D eigenvalue weighted by Crippen LogP contribution is -2.04. The van der Waals surface area contributed by atoms with Gasteiger partial charge in [0.1, 0.15) is 10.8 Å². The minimum atomic E-state index is -0.460. The first-order valence-electron chi connectivity index (χ1n) is 9.29. The van der Waals surface area contributed by atoms with Gasteiger partial charge in [-0.15, -0.1) is 5.10 Å². The number of hydrogen-bond acceptors (Lipinski definition) is 6. The second-order valence-electron chi connectivity index (χ2n) is 6.76. The highest BCUT2D eigenvalue weighted by molar-refractivity contribution is 6.36. The highest BCUT2D eigenvalue weighted by Crippen LogP contribution is 2.33. The third-order valence-electron chi connectivity index (χ3n) is 4.81. The summed E-state index contributed by atoms with van der Waals surface area (Å²) in [5.41, 5.74) is 2.52. The molecule has 5 rings (SSSR count). The van der Waals surface area contributed by atoms with Gasteiger partial charge in [0.2, 0.25) is 5.82 Å². The molecule has 9 heteroatoms. The fourth-order valence-electron chi connectivity index (χ4n) is 3.36. The summed E-state index contributed by atoms with van der Waals surface area (Å²) in [5, 5.41) is 13.2. The van der Waals surface area contributed by atoms with Gasteiger partial charge in [-0.2, -0.15) is 10.1 Å². The summed E-state index contributed by atoms with van der Waals surface area (Å²) in [6.45, 7) is 0.471. The lowest BCUT2D eigenvalue weighted by molar-refractivity contribution is 0.0995. The van der Waals surface area contributed by atoms with Gasteiger partial charge in [0, 0.05) is 23.2 Å². The van der Waals surface area contributed by atoms with Gasteiger partial charge in [-0.25, -0.2) is 0 Å². The summed E-state index contributed by atoms with van der Waals surface area (Å²) in [6.07, 6.45) is 1.53. The standard InChI is InChI=1S/C22H13Cl2N5O2/c23-14-9-7-13(8-10-14)12-29-17-6-2-1-4-15(17)18(20(29)24)19(30)22-26-21(28-31-22)16-5-3-11-25-27-16/h1-11H,12H2. The van der Waals surface area contributed by atoms with Crippen LogP contribution in [0.2, 0.25) is 10.2 Å². The molecule has 0 fully saturated rings. The van der Waals surface area contributed by atoms with Gasteiger partial charge in [-0.3, -0.25) is 4.79 Å². The highest BCUT2D eigenvalue weighted by Gasteiger charge is 2.27. The molecule has 0 atom stereocenters. The Morgan fingerprint density at radius 3 is 2.58 bits per heavy atom. The molecule has 0 bridgehead atoms. The third kappa shape index (κ3) is 3.58. The van der Waals surface area contributed by atoms with Crippen LogP contribution in [0, 0.1) is 0 Å². The summed E-state index contributed by atoms with van der Waals surface area (Å²) in [7, 11) is 0. The number of ketones is 1. The molecule has 2 aromatic carbocycles. The molecular weight excluding hydrogens is 437 g/mol. The number of fused-ring (bicyclic) bond motifs is 1. The van der Waals surface area contributed by atoms with E-state index >= 15 is 0 Å². The van der Waals surface area contributed by atoms with Crippen LogP contribution in [0.15, 0.2) is 71.4 Å². The van der Waals surface area contributed by atoms with Crippen LogP contribution >= 0.6 is 23.2 Å². The Bertz CT molecular complexity index is 1390. The van der Waals surface area contributed by atoms with Crippen molar-refractivity contribution >= 4 is 39.9 Å². The number of benzene rings is 2. The molecule has 0 spiro atoms. The molecule has 0 radical (unpaired) electrons. The predicted octanol–water partition coefficient (Wildman–Crippen LogP) is 5.07. The summed E-state index contributed by atoms with van der Waals surface area (Å²) >= 11 is 12.7. The summed E-state index contributed by atoms with van der Waals surface area (Å²) in [6, 6.07) is 18.3. The molecule has 3 aromatic heterocycles. The molecule has 0 aliphatic rings. The fourth-order valence-corrected chi connectivity index (χ4v) is 3.83. The molecular formula is C22H13Cl2N5O2. The number of halogens is 2. The number of carbonyl (C=O) groups excluding carboxylic acids is 1. The maximum atomic E-state index is 13.3. The van der Waals surface area contributed by atoms with Crippen LogP contribution in [0.4, 0.5) is 0 Å². The number of aromatic nitrogens is 5. The largest absolute Gasteiger partial charge is 0.330 e. The van der Waals surface area contributed by atoms with Crippen molar-refractivity contribution in [2.24, 2.45) is 0 Å². The van der Waals surface area contributed by atoms with E-state index in [-0.39, 0.29) is 11.7 Å². The first-order valence-corrected chi connectivity index (χ1v) is 10.0. The van der Waals surface area contributed by atoms with Crippen molar-refractivity contribution in [3.63, 3.8) is 0 Å². The lowest BCUT2D eigenvalue weighted by Gasteiger charge is -2.07. The zero-order valence-corrected chi connectivity index (χ0v) is 17.4. The van der Waals surface area contributed by atoms with Crippen LogP contribution in [0.25, 0.3) is 22.4 Å². The van der Waals surface area contributed by atoms with Crippen LogP contribution in [-0.4, -0.2) is 30.7 Å². The molecule has 7 nitrogen and oxygen atoms in total. The van der Waals surface area contributed by atoms with E-state index in [0.717, 1.165) is 11.1 Å². The van der Waals surface area contributed by atoms with Gasteiger partial charge in [-0.1, -0.05) is 58.7 Å². The maximum absolute atomic E-state index is 13.3. The molecule has 0 saturated carbocycles. The summed E-state index contributed by atoms with van der Waals surface area (Å²) < 4.78 is 7.09. The second kappa shape index (κ2) is 7.94. The first kappa shape index (κ1) is 19.4. The van der Waals surface area contributed by atoms with Crippen molar-refractivity contribution in [1.29, 1.82) is 0 Å². The Labute approximate surface area is 186 Å². The van der Waals surface area contributed by atoms with Crippen LogP contribution in [0.5, 0.6) is 0 Å². The molecule has 5 aromatic rings. The predicted molar refractivity (Wildman–Crippen MR) is 116 cm³/mol. The van der Waals surface area contributed by atoms with Gasteiger partial charge in [0.25, 0.3) is 11.7 Å². The van der Waals surface area contributed by atoms with E-state index in [1.807, 2.05) is 53.1 Å². The molecule has 3 heterocycles. The summed E-state index contributed by atoms with van der Waals surface area (Å²) in [4.78, 5) is 17.5. The second-order valence-corrected chi connectivity index (χ2v) is 7.55. The number of para-hydroxylation sites is 1. The molecule has 0 saturated heterocycles. The van der Waals surface area contributed by atoms with Crippen LogP contribution in [0.1, 0.15) is 21.8 Å². The Kier molecular flexibility index (Phi) is 4.97. The SMILES string of the molecule is O=C(c1nc(-c2cccnn2)no1)c1c(Cl)n(Cc2ccc(Cl)cc2)c2ccccc12. The first-order chi connectivity index (χ1) is 15.1. The molecule has 0 N–H and O–H groups in total. The zero-order valence-electron chi connectivity index (χ0n) is 15.9. The van der Waals surface area contributed by atoms with Crippen LogP contribution in [0.3, 0.4) is 0 Å². The van der Waals surface area contributed by atoms with E-state index in [1.54, 1.807) is 12.1 Å². The lowest BCUT2D eigenvalue weighted by atomic mass is 10.1.